The van der Waals surface area contributed by atoms with E-state index in [-0.39, 0.29) is 17.7 Å². The molecule has 0 saturated heterocycles. The number of hydrogen-bond acceptors (Lipinski definition) is 5. The van der Waals surface area contributed by atoms with Crippen LogP contribution in [0.3, 0.4) is 0 Å². The molecule has 0 fully saturated rings. The van der Waals surface area contributed by atoms with Gasteiger partial charge in [-0.2, -0.15) is 0 Å². The topological polar surface area (TPSA) is 75.7 Å². The van der Waals surface area contributed by atoms with Gasteiger partial charge >= 0.3 is 0 Å². The zero-order valence-corrected chi connectivity index (χ0v) is 16.6. The Bertz CT molecular complexity index is 949. The first-order valence-corrected chi connectivity index (χ1v) is 9.72. The Balaban J connectivity index is 1.98. The maximum absolute atomic E-state index is 13.2. The number of imide groups is 1. The molecular formula is C21H20N2O4S. The van der Waals surface area contributed by atoms with Gasteiger partial charge in [0.05, 0.1) is 23.3 Å². The van der Waals surface area contributed by atoms with Crippen LogP contribution < -0.4 is 15.0 Å². The van der Waals surface area contributed by atoms with E-state index >= 15 is 0 Å². The number of anilines is 2. The second-order valence-corrected chi connectivity index (χ2v) is 7.31. The van der Waals surface area contributed by atoms with E-state index in [0.29, 0.717) is 38.9 Å². The van der Waals surface area contributed by atoms with E-state index in [1.54, 1.807) is 55.6 Å². The van der Waals surface area contributed by atoms with Crippen LogP contribution in [-0.4, -0.2) is 30.6 Å². The van der Waals surface area contributed by atoms with Crippen molar-refractivity contribution >= 4 is 46.4 Å². The molecule has 0 atom stereocenters. The summed E-state index contributed by atoms with van der Waals surface area (Å²) in [4.78, 5) is 39.0. The lowest BCUT2D eigenvalue weighted by Gasteiger charge is -2.15. The number of carbonyl (C=O) groups is 3. The van der Waals surface area contributed by atoms with Crippen molar-refractivity contribution < 1.29 is 19.1 Å². The van der Waals surface area contributed by atoms with Crippen LogP contribution in [0.1, 0.15) is 19.4 Å². The van der Waals surface area contributed by atoms with E-state index in [0.717, 1.165) is 0 Å². The molecule has 1 aliphatic rings. The van der Waals surface area contributed by atoms with Crippen molar-refractivity contribution in [2.24, 2.45) is 0 Å². The van der Waals surface area contributed by atoms with E-state index in [1.165, 1.54) is 23.6 Å². The average molecular weight is 396 g/mol. The molecule has 28 heavy (non-hydrogen) atoms. The average Bonchev–Trinajstić information content (AvgIpc) is 2.92. The van der Waals surface area contributed by atoms with Gasteiger partial charge in [-0.25, -0.2) is 4.90 Å². The third-order valence-corrected chi connectivity index (χ3v) is 5.11. The zero-order chi connectivity index (χ0) is 20.3. The highest BCUT2D eigenvalue weighted by molar-refractivity contribution is 8.04. The lowest BCUT2D eigenvalue weighted by molar-refractivity contribution is -0.120. The Morgan fingerprint density at radius 1 is 1.04 bits per heavy atom. The third-order valence-electron chi connectivity index (χ3n) is 4.15. The van der Waals surface area contributed by atoms with E-state index in [1.807, 2.05) is 6.92 Å². The van der Waals surface area contributed by atoms with Gasteiger partial charge in [0, 0.05) is 12.6 Å². The molecule has 3 rings (SSSR count). The van der Waals surface area contributed by atoms with Crippen LogP contribution in [0, 0.1) is 0 Å². The Labute approximate surface area is 167 Å². The van der Waals surface area contributed by atoms with Crippen molar-refractivity contribution in [2.75, 3.05) is 23.1 Å². The molecule has 7 heteroatoms. The minimum absolute atomic E-state index is 0.174. The van der Waals surface area contributed by atoms with Crippen molar-refractivity contribution in [1.82, 2.24) is 0 Å². The molecule has 0 unspecified atom stereocenters. The summed E-state index contributed by atoms with van der Waals surface area (Å²) in [5.41, 5.74) is 2.14. The molecule has 144 valence electrons. The molecule has 6 nitrogen and oxygen atoms in total. The molecule has 1 N–H and O–H groups in total. The highest BCUT2D eigenvalue weighted by Crippen LogP contribution is 2.38. The second kappa shape index (κ2) is 8.31. The number of methoxy groups -OCH3 is 1. The SMILES string of the molecule is CCSC1=C(c2ccc(NC(C)=O)cc2)C(=O)N(c2ccc(OC)cc2)C1=O. The van der Waals surface area contributed by atoms with Gasteiger partial charge in [0.2, 0.25) is 5.91 Å². The molecular weight excluding hydrogens is 376 g/mol. The Kier molecular flexibility index (Phi) is 5.84. The van der Waals surface area contributed by atoms with Gasteiger partial charge in [0.1, 0.15) is 5.75 Å². The Morgan fingerprint density at radius 2 is 1.68 bits per heavy atom. The maximum Gasteiger partial charge on any atom is 0.272 e. The van der Waals surface area contributed by atoms with Gasteiger partial charge in [-0.05, 0) is 47.7 Å². The second-order valence-electron chi connectivity index (χ2n) is 6.04. The van der Waals surface area contributed by atoms with Gasteiger partial charge in [0.15, 0.2) is 0 Å². The fraction of sp³-hybridized carbons (Fsp3) is 0.190. The largest absolute Gasteiger partial charge is 0.497 e. The summed E-state index contributed by atoms with van der Waals surface area (Å²) in [6, 6.07) is 13.7. The predicted octanol–water partition coefficient (Wildman–Crippen LogP) is 3.69. The summed E-state index contributed by atoms with van der Waals surface area (Å²) in [7, 11) is 1.56. The number of nitrogens with one attached hydrogen (secondary N) is 1. The third kappa shape index (κ3) is 3.80. The summed E-state index contributed by atoms with van der Waals surface area (Å²) in [6.07, 6.45) is 0. The van der Waals surface area contributed by atoms with Gasteiger partial charge in [-0.1, -0.05) is 19.1 Å². The van der Waals surface area contributed by atoms with Gasteiger partial charge in [-0.15, -0.1) is 11.8 Å². The Morgan fingerprint density at radius 3 is 2.21 bits per heavy atom. The highest BCUT2D eigenvalue weighted by Gasteiger charge is 2.39. The molecule has 1 heterocycles. The van der Waals surface area contributed by atoms with E-state index in [2.05, 4.69) is 5.32 Å². The highest BCUT2D eigenvalue weighted by atomic mass is 32.2. The molecule has 0 aromatic heterocycles. The zero-order valence-electron chi connectivity index (χ0n) is 15.8. The number of hydrogen-bond donors (Lipinski definition) is 1. The van der Waals surface area contributed by atoms with Gasteiger partial charge in [0.25, 0.3) is 11.8 Å². The number of thioether (sulfide) groups is 1. The van der Waals surface area contributed by atoms with Crippen LogP contribution in [-0.2, 0) is 14.4 Å². The number of carbonyl (C=O) groups excluding carboxylic acids is 3. The lowest BCUT2D eigenvalue weighted by Crippen LogP contribution is -2.31. The number of ether oxygens (including phenoxy) is 1. The van der Waals surface area contributed by atoms with Crippen LogP contribution >= 0.6 is 11.8 Å². The van der Waals surface area contributed by atoms with E-state index < -0.39 is 0 Å². The fourth-order valence-electron chi connectivity index (χ4n) is 2.93. The molecule has 0 saturated carbocycles. The normalized spacial score (nSPS) is 13.9. The van der Waals surface area contributed by atoms with Crippen molar-refractivity contribution in [3.05, 3.63) is 59.0 Å². The summed E-state index contributed by atoms with van der Waals surface area (Å²) >= 11 is 1.35. The molecule has 0 bridgehead atoms. The number of amides is 3. The van der Waals surface area contributed by atoms with Crippen LogP contribution in [0.15, 0.2) is 53.4 Å². The van der Waals surface area contributed by atoms with Crippen LogP contribution in [0.25, 0.3) is 5.57 Å². The molecule has 3 amide bonds. The van der Waals surface area contributed by atoms with Crippen molar-refractivity contribution in [1.29, 1.82) is 0 Å². The minimum atomic E-state index is -0.363. The number of rotatable bonds is 6. The van der Waals surface area contributed by atoms with Crippen molar-refractivity contribution in [3.63, 3.8) is 0 Å². The lowest BCUT2D eigenvalue weighted by atomic mass is 10.1. The first-order chi connectivity index (χ1) is 13.5. The first kappa shape index (κ1) is 19.7. The maximum atomic E-state index is 13.2. The van der Waals surface area contributed by atoms with Crippen LogP contribution in [0.5, 0.6) is 5.75 Å². The molecule has 0 spiro atoms. The Hall–Kier alpha value is -3.06. The van der Waals surface area contributed by atoms with Crippen LogP contribution in [0.4, 0.5) is 11.4 Å². The minimum Gasteiger partial charge on any atom is -0.497 e. The van der Waals surface area contributed by atoms with Crippen molar-refractivity contribution in [3.8, 4) is 5.75 Å². The van der Waals surface area contributed by atoms with Crippen molar-refractivity contribution in [2.45, 2.75) is 13.8 Å². The standard InChI is InChI=1S/C21H20N2O4S/c1-4-28-19-18(14-5-7-15(8-6-14)22-13(2)24)20(25)23(21(19)26)16-9-11-17(27-3)12-10-16/h5-12H,4H2,1-3H3,(H,22,24). The summed E-state index contributed by atoms with van der Waals surface area (Å²) in [5.74, 6) is 0.444. The molecule has 0 radical (unpaired) electrons. The quantitative estimate of drug-likeness (QED) is 0.754. The number of nitrogens with zero attached hydrogens (tertiary/aromatic N) is 1. The molecule has 1 aliphatic heterocycles. The van der Waals surface area contributed by atoms with E-state index in [4.69, 9.17) is 4.74 Å². The summed E-state index contributed by atoms with van der Waals surface area (Å²) in [6.45, 7) is 3.36. The monoisotopic (exact) mass is 396 g/mol. The summed E-state index contributed by atoms with van der Waals surface area (Å²) in [5, 5.41) is 2.69. The molecule has 0 aliphatic carbocycles. The molecule has 2 aromatic carbocycles. The van der Waals surface area contributed by atoms with Gasteiger partial charge in [-0.3, -0.25) is 14.4 Å². The summed E-state index contributed by atoms with van der Waals surface area (Å²) < 4.78 is 5.14. The molecule has 2 aromatic rings. The van der Waals surface area contributed by atoms with Gasteiger partial charge < -0.3 is 10.1 Å². The first-order valence-electron chi connectivity index (χ1n) is 8.74. The van der Waals surface area contributed by atoms with Crippen LogP contribution in [0.2, 0.25) is 0 Å². The van der Waals surface area contributed by atoms with E-state index in [9.17, 15) is 14.4 Å². The fourth-order valence-corrected chi connectivity index (χ4v) is 3.78. The predicted molar refractivity (Wildman–Crippen MR) is 111 cm³/mol. The number of benzene rings is 2. The smallest absolute Gasteiger partial charge is 0.272 e.